The van der Waals surface area contributed by atoms with Gasteiger partial charge in [0, 0.05) is 19.4 Å². The topological polar surface area (TPSA) is 164 Å². The van der Waals surface area contributed by atoms with E-state index >= 15 is 0 Å². The van der Waals surface area contributed by atoms with Crippen LogP contribution in [0.25, 0.3) is 0 Å². The molecule has 28 heavy (non-hydrogen) atoms. The van der Waals surface area contributed by atoms with Crippen LogP contribution < -0.4 is 34.9 Å². The monoisotopic (exact) mass is 454 g/mol. The fourth-order valence-electron chi connectivity index (χ4n) is 2.70. The SMILES string of the molecule is CCCCCCCCCCCC(=O)NCCCC(O)(P(=O)(O)O)P(=O)(O)O.[Na+]. The molecule has 0 heterocycles. The van der Waals surface area contributed by atoms with Crippen LogP contribution in [0.5, 0.6) is 0 Å². The van der Waals surface area contributed by atoms with Crippen LogP contribution in [0, 0.1) is 0 Å². The van der Waals surface area contributed by atoms with Gasteiger partial charge in [-0.2, -0.15) is 0 Å². The van der Waals surface area contributed by atoms with E-state index in [0.29, 0.717) is 6.42 Å². The Hall–Kier alpha value is 0.730. The van der Waals surface area contributed by atoms with Crippen LogP contribution in [0.3, 0.4) is 0 Å². The van der Waals surface area contributed by atoms with E-state index < -0.39 is 26.7 Å². The van der Waals surface area contributed by atoms with E-state index in [2.05, 4.69) is 12.2 Å². The number of carbonyl (C=O) groups is 1. The number of amides is 1. The van der Waals surface area contributed by atoms with Crippen LogP contribution in [-0.2, 0) is 13.9 Å². The molecular weight excluding hydrogens is 419 g/mol. The Morgan fingerprint density at radius 1 is 0.821 bits per heavy atom. The van der Waals surface area contributed by atoms with Crippen molar-refractivity contribution in [1.29, 1.82) is 0 Å². The van der Waals surface area contributed by atoms with Gasteiger partial charge in [0.05, 0.1) is 0 Å². The smallest absolute Gasteiger partial charge is 0.368 e. The second-order valence-corrected chi connectivity index (χ2v) is 10.9. The first-order valence-electron chi connectivity index (χ1n) is 9.56. The van der Waals surface area contributed by atoms with Crippen molar-refractivity contribution in [3.8, 4) is 0 Å². The van der Waals surface area contributed by atoms with Crippen molar-refractivity contribution < 1.29 is 68.2 Å². The van der Waals surface area contributed by atoms with Crippen LogP contribution in [0.1, 0.15) is 84.0 Å². The van der Waals surface area contributed by atoms with Gasteiger partial charge in [-0.3, -0.25) is 13.9 Å². The summed E-state index contributed by atoms with van der Waals surface area (Å²) in [5.41, 5.74) is 0. The molecule has 6 N–H and O–H groups in total. The largest absolute Gasteiger partial charge is 1.00 e. The fraction of sp³-hybridized carbons (Fsp3) is 0.938. The molecule has 162 valence electrons. The van der Waals surface area contributed by atoms with Crippen molar-refractivity contribution in [3.63, 3.8) is 0 Å². The summed E-state index contributed by atoms with van der Waals surface area (Å²) < 4.78 is 22.4. The summed E-state index contributed by atoms with van der Waals surface area (Å²) in [5, 5.41) is 8.82. The molecule has 0 radical (unpaired) electrons. The number of unbranched alkanes of at least 4 members (excludes halogenated alkanes) is 8. The molecule has 12 heteroatoms. The Morgan fingerprint density at radius 3 is 1.68 bits per heavy atom. The van der Waals surface area contributed by atoms with Gasteiger partial charge in [-0.25, -0.2) is 0 Å². The van der Waals surface area contributed by atoms with Crippen LogP contribution in [0.2, 0.25) is 0 Å². The van der Waals surface area contributed by atoms with Crippen LogP contribution in [-0.4, -0.2) is 42.2 Å². The summed E-state index contributed by atoms with van der Waals surface area (Å²) in [5.74, 6) is -0.228. The molecule has 0 atom stereocenters. The van der Waals surface area contributed by atoms with E-state index in [4.69, 9.17) is 19.6 Å². The second-order valence-electron chi connectivity index (χ2n) is 6.89. The van der Waals surface area contributed by atoms with Gasteiger partial charge in [-0.15, -0.1) is 0 Å². The first-order chi connectivity index (χ1) is 12.5. The van der Waals surface area contributed by atoms with Crippen molar-refractivity contribution in [3.05, 3.63) is 0 Å². The predicted octanol–water partition coefficient (Wildman–Crippen LogP) is -0.191. The minimum Gasteiger partial charge on any atom is -0.368 e. The van der Waals surface area contributed by atoms with Crippen molar-refractivity contribution >= 4 is 21.1 Å². The molecule has 0 aliphatic heterocycles. The number of carbonyl (C=O) groups excluding carboxylic acids is 1. The molecule has 9 nitrogen and oxygen atoms in total. The normalized spacial score (nSPS) is 12.5. The Kier molecular flexibility index (Phi) is 17.1. The van der Waals surface area contributed by atoms with Gasteiger partial charge < -0.3 is 30.0 Å². The predicted molar refractivity (Wildman–Crippen MR) is 103 cm³/mol. The van der Waals surface area contributed by atoms with Gasteiger partial charge >= 0.3 is 44.7 Å². The number of nitrogens with one attached hydrogen (secondary N) is 1. The minimum absolute atomic E-state index is 0. The summed E-state index contributed by atoms with van der Waals surface area (Å²) in [7, 11) is -10.9. The van der Waals surface area contributed by atoms with Gasteiger partial charge in [-0.05, 0) is 12.8 Å². The van der Waals surface area contributed by atoms with Crippen LogP contribution in [0.4, 0.5) is 0 Å². The van der Waals surface area contributed by atoms with E-state index in [1.54, 1.807) is 0 Å². The van der Waals surface area contributed by atoms with Crippen LogP contribution >= 0.6 is 15.2 Å². The third-order valence-corrected chi connectivity index (χ3v) is 8.33. The molecule has 0 aliphatic rings. The Labute approximate surface area is 189 Å². The Morgan fingerprint density at radius 2 is 1.25 bits per heavy atom. The summed E-state index contributed by atoms with van der Waals surface area (Å²) >= 11 is 0. The van der Waals surface area contributed by atoms with Crippen LogP contribution in [0.15, 0.2) is 0 Å². The second kappa shape index (κ2) is 15.5. The summed E-state index contributed by atoms with van der Waals surface area (Å²) in [6, 6.07) is 0. The zero-order valence-corrected chi connectivity index (χ0v) is 20.8. The van der Waals surface area contributed by atoms with Gasteiger partial charge in [-0.1, -0.05) is 58.3 Å². The molecule has 0 aliphatic carbocycles. The molecule has 1 amide bonds. The van der Waals surface area contributed by atoms with Crippen molar-refractivity contribution in [2.45, 2.75) is 89.1 Å². The number of aliphatic hydroxyl groups is 1. The van der Waals surface area contributed by atoms with Crippen molar-refractivity contribution in [2.75, 3.05) is 6.54 Å². The summed E-state index contributed by atoms with van der Waals surface area (Å²) in [4.78, 5) is 47.7. The first kappa shape index (κ1) is 30.9. The quantitative estimate of drug-likeness (QED) is 0.106. The van der Waals surface area contributed by atoms with E-state index in [1.165, 1.54) is 32.1 Å². The first-order valence-corrected chi connectivity index (χ1v) is 12.8. The average Bonchev–Trinajstić information content (AvgIpc) is 2.55. The van der Waals surface area contributed by atoms with Gasteiger partial charge in [0.1, 0.15) is 0 Å². The van der Waals surface area contributed by atoms with Gasteiger partial charge in [0.25, 0.3) is 5.08 Å². The Balaban J connectivity index is 0. The molecule has 0 fully saturated rings. The molecular formula is C16H35NNaO8P2+. The molecule has 0 bridgehead atoms. The molecule has 0 aromatic carbocycles. The van der Waals surface area contributed by atoms with E-state index in [1.807, 2.05) is 0 Å². The molecule has 0 spiro atoms. The maximum absolute atomic E-state index is 11.7. The number of hydrogen-bond acceptors (Lipinski definition) is 4. The molecule has 0 saturated heterocycles. The number of rotatable bonds is 16. The maximum atomic E-state index is 11.7. The van der Waals surface area contributed by atoms with Gasteiger partial charge in [0.2, 0.25) is 5.91 Å². The molecule has 0 aromatic rings. The molecule has 0 rings (SSSR count). The molecule has 0 saturated carbocycles. The fourth-order valence-corrected chi connectivity index (χ4v) is 4.96. The van der Waals surface area contributed by atoms with Gasteiger partial charge in [0.15, 0.2) is 0 Å². The summed E-state index contributed by atoms with van der Waals surface area (Å²) in [6.45, 7) is 2.15. The molecule has 0 unspecified atom stereocenters. The summed E-state index contributed by atoms with van der Waals surface area (Å²) in [6.07, 6.45) is 9.54. The number of hydrogen-bond donors (Lipinski definition) is 6. The third kappa shape index (κ3) is 12.4. The third-order valence-electron chi connectivity index (χ3n) is 4.45. The standard InChI is InChI=1S/C16H35NO8P2.Na/c1-2-3-4-5-6-7-8-9-10-12-15(18)17-14-11-13-16(19,26(20,21)22)27(23,24)25;/h19H,2-14H2,1H3,(H,17,18)(H2,20,21,22)(H2,23,24,25);/q;+1. The maximum Gasteiger partial charge on any atom is 1.00 e. The molecule has 0 aromatic heterocycles. The van der Waals surface area contributed by atoms with Crippen molar-refractivity contribution in [1.82, 2.24) is 5.32 Å². The zero-order valence-electron chi connectivity index (χ0n) is 17.0. The van der Waals surface area contributed by atoms with Crippen molar-refractivity contribution in [2.24, 2.45) is 0 Å². The Bertz CT molecular complexity index is 501. The average molecular weight is 454 g/mol. The minimum atomic E-state index is -5.43. The zero-order chi connectivity index (χ0) is 21.0. The van der Waals surface area contributed by atoms with E-state index in [9.17, 15) is 19.0 Å². The van der Waals surface area contributed by atoms with E-state index in [-0.39, 0.29) is 48.4 Å². The van der Waals surface area contributed by atoms with E-state index in [0.717, 1.165) is 25.7 Å².